The van der Waals surface area contributed by atoms with E-state index >= 15 is 0 Å². The van der Waals surface area contributed by atoms with Crippen molar-refractivity contribution < 1.29 is 9.47 Å². The number of nitrogens with zero attached hydrogens (tertiary/aromatic N) is 3. The molecule has 0 bridgehead atoms. The Morgan fingerprint density at radius 2 is 2.17 bits per heavy atom. The maximum absolute atomic E-state index is 5.92. The molecule has 1 aliphatic rings. The van der Waals surface area contributed by atoms with Crippen LogP contribution in [0.1, 0.15) is 11.4 Å². The zero-order valence-electron chi connectivity index (χ0n) is 12.6. The van der Waals surface area contributed by atoms with Crippen LogP contribution in [0, 0.1) is 0 Å². The van der Waals surface area contributed by atoms with E-state index in [0.717, 1.165) is 27.2 Å². The van der Waals surface area contributed by atoms with Gasteiger partial charge in [0.15, 0.2) is 21.8 Å². The summed E-state index contributed by atoms with van der Waals surface area (Å²) in [7, 11) is 0. The highest BCUT2D eigenvalue weighted by Gasteiger charge is 2.11. The van der Waals surface area contributed by atoms with Crippen molar-refractivity contribution in [3.05, 3.63) is 23.2 Å². The third-order valence-electron chi connectivity index (χ3n) is 3.03. The molecule has 1 aromatic carbocycles. The van der Waals surface area contributed by atoms with Crippen molar-refractivity contribution in [3.8, 4) is 11.5 Å². The molecule has 7 nitrogen and oxygen atoms in total. The molecule has 2 heterocycles. The second-order valence-electron chi connectivity index (χ2n) is 4.70. The molecule has 0 fully saturated rings. The predicted molar refractivity (Wildman–Crippen MR) is 92.7 cm³/mol. The quantitative estimate of drug-likeness (QED) is 0.496. The van der Waals surface area contributed by atoms with Crippen LogP contribution >= 0.6 is 23.1 Å². The lowest BCUT2D eigenvalue weighted by molar-refractivity contribution is 0.297. The molecular formula is C14H17N5O2S2. The Labute approximate surface area is 142 Å². The number of aliphatic imine (C=N–C) groups is 1. The molecule has 1 aromatic heterocycles. The van der Waals surface area contributed by atoms with Gasteiger partial charge < -0.3 is 20.5 Å². The van der Waals surface area contributed by atoms with Crippen molar-refractivity contribution in [1.29, 1.82) is 0 Å². The number of nitrogens with one attached hydrogen (secondary N) is 1. The number of fused-ring (bicyclic) bond motifs is 1. The van der Waals surface area contributed by atoms with Gasteiger partial charge in [-0.1, -0.05) is 23.1 Å². The minimum Gasteiger partial charge on any atom is -0.490 e. The van der Waals surface area contributed by atoms with E-state index in [2.05, 4.69) is 20.5 Å². The van der Waals surface area contributed by atoms with Gasteiger partial charge in [0.25, 0.3) is 0 Å². The standard InChI is InChI=1S/C14H17N5O2S2/c1-22-14-19-18-12(23-14)8-16-13(15)17-9-3-4-10-11(7-9)21-6-2-5-20-10/h3-4,7H,2,5-6,8H2,1H3,(H3,15,16,17). The monoisotopic (exact) mass is 351 g/mol. The Hall–Kier alpha value is -2.00. The Kier molecular flexibility index (Phi) is 5.19. The highest BCUT2D eigenvalue weighted by molar-refractivity contribution is 8.00. The molecule has 0 unspecified atom stereocenters. The first-order chi connectivity index (χ1) is 11.2. The SMILES string of the molecule is CSc1nnc(CN=C(N)Nc2ccc3c(c2)OCCCO3)s1. The van der Waals surface area contributed by atoms with Crippen molar-refractivity contribution in [2.45, 2.75) is 17.3 Å². The van der Waals surface area contributed by atoms with Crippen LogP contribution in [-0.2, 0) is 6.54 Å². The van der Waals surface area contributed by atoms with Crippen molar-refractivity contribution >= 4 is 34.7 Å². The molecule has 0 radical (unpaired) electrons. The number of guanidine groups is 1. The smallest absolute Gasteiger partial charge is 0.193 e. The molecule has 2 aromatic rings. The van der Waals surface area contributed by atoms with Gasteiger partial charge in [-0.05, 0) is 18.4 Å². The molecule has 3 rings (SSSR count). The van der Waals surface area contributed by atoms with Gasteiger partial charge in [0.1, 0.15) is 5.01 Å². The summed E-state index contributed by atoms with van der Waals surface area (Å²) in [5.74, 6) is 1.79. The summed E-state index contributed by atoms with van der Waals surface area (Å²) < 4.78 is 12.2. The van der Waals surface area contributed by atoms with Crippen LogP contribution in [-0.4, -0.2) is 35.6 Å². The second-order valence-corrected chi connectivity index (χ2v) is 6.82. The molecule has 0 saturated heterocycles. The van der Waals surface area contributed by atoms with Crippen LogP contribution < -0.4 is 20.5 Å². The highest BCUT2D eigenvalue weighted by Crippen LogP contribution is 2.32. The Morgan fingerprint density at radius 3 is 2.96 bits per heavy atom. The van der Waals surface area contributed by atoms with E-state index < -0.39 is 0 Å². The molecule has 0 amide bonds. The highest BCUT2D eigenvalue weighted by atomic mass is 32.2. The molecule has 122 valence electrons. The average Bonchev–Trinajstić information content (AvgIpc) is 2.90. The number of ether oxygens (including phenoxy) is 2. The van der Waals surface area contributed by atoms with E-state index in [-0.39, 0.29) is 0 Å². The molecule has 1 aliphatic heterocycles. The molecule has 0 aliphatic carbocycles. The van der Waals surface area contributed by atoms with E-state index in [1.165, 1.54) is 11.3 Å². The van der Waals surface area contributed by atoms with Gasteiger partial charge in [-0.15, -0.1) is 10.2 Å². The lowest BCUT2D eigenvalue weighted by Gasteiger charge is -2.10. The van der Waals surface area contributed by atoms with Gasteiger partial charge in [0.05, 0.1) is 19.8 Å². The van der Waals surface area contributed by atoms with Gasteiger partial charge >= 0.3 is 0 Å². The number of anilines is 1. The average molecular weight is 351 g/mol. The summed E-state index contributed by atoms with van der Waals surface area (Å²) >= 11 is 3.08. The first-order valence-corrected chi connectivity index (χ1v) is 9.11. The first kappa shape index (κ1) is 15.9. The summed E-state index contributed by atoms with van der Waals surface area (Å²) in [6.07, 6.45) is 2.84. The minimum atomic E-state index is 0.320. The number of hydrogen-bond donors (Lipinski definition) is 2. The topological polar surface area (TPSA) is 94.7 Å². The summed E-state index contributed by atoms with van der Waals surface area (Å²) in [5, 5.41) is 12.0. The zero-order chi connectivity index (χ0) is 16.1. The van der Waals surface area contributed by atoms with Crippen LogP contribution in [0.5, 0.6) is 11.5 Å². The summed E-state index contributed by atoms with van der Waals surface area (Å²) in [4.78, 5) is 4.28. The van der Waals surface area contributed by atoms with E-state index in [0.29, 0.717) is 31.5 Å². The third-order valence-corrected chi connectivity index (χ3v) is 4.91. The number of thioether (sulfide) groups is 1. The summed E-state index contributed by atoms with van der Waals surface area (Å²) in [6, 6.07) is 5.61. The van der Waals surface area contributed by atoms with Gasteiger partial charge in [0, 0.05) is 18.2 Å². The number of nitrogens with two attached hydrogens (primary N) is 1. The molecule has 0 spiro atoms. The van der Waals surface area contributed by atoms with Gasteiger partial charge in [-0.3, -0.25) is 0 Å². The number of benzene rings is 1. The first-order valence-electron chi connectivity index (χ1n) is 7.07. The Balaban J connectivity index is 1.63. The van der Waals surface area contributed by atoms with Crippen molar-refractivity contribution in [3.63, 3.8) is 0 Å². The van der Waals surface area contributed by atoms with Crippen molar-refractivity contribution in [2.24, 2.45) is 10.7 Å². The molecule has 0 atom stereocenters. The molecular weight excluding hydrogens is 334 g/mol. The fraction of sp³-hybridized carbons (Fsp3) is 0.357. The molecule has 0 saturated carbocycles. The molecule has 9 heteroatoms. The van der Waals surface area contributed by atoms with Crippen LogP contribution in [0.4, 0.5) is 5.69 Å². The van der Waals surface area contributed by atoms with E-state index in [1.807, 2.05) is 24.5 Å². The van der Waals surface area contributed by atoms with Crippen LogP contribution in [0.3, 0.4) is 0 Å². The Morgan fingerprint density at radius 1 is 1.35 bits per heavy atom. The normalized spacial score (nSPS) is 14.4. The van der Waals surface area contributed by atoms with Crippen LogP contribution in [0.2, 0.25) is 0 Å². The summed E-state index contributed by atoms with van der Waals surface area (Å²) in [5.41, 5.74) is 6.72. The lowest BCUT2D eigenvalue weighted by Crippen LogP contribution is -2.22. The second kappa shape index (κ2) is 7.51. The largest absolute Gasteiger partial charge is 0.490 e. The van der Waals surface area contributed by atoms with Gasteiger partial charge in [-0.2, -0.15) is 0 Å². The van der Waals surface area contributed by atoms with Crippen molar-refractivity contribution in [2.75, 3.05) is 24.8 Å². The Bertz CT molecular complexity index is 704. The fourth-order valence-electron chi connectivity index (χ4n) is 1.97. The lowest BCUT2D eigenvalue weighted by atomic mass is 10.3. The minimum absolute atomic E-state index is 0.320. The maximum Gasteiger partial charge on any atom is 0.193 e. The number of aromatic nitrogens is 2. The molecule has 3 N–H and O–H groups in total. The van der Waals surface area contributed by atoms with Crippen molar-refractivity contribution in [1.82, 2.24) is 10.2 Å². The van der Waals surface area contributed by atoms with E-state index in [4.69, 9.17) is 15.2 Å². The van der Waals surface area contributed by atoms with E-state index in [9.17, 15) is 0 Å². The fourth-order valence-corrected chi connectivity index (χ4v) is 3.20. The zero-order valence-corrected chi connectivity index (χ0v) is 14.2. The van der Waals surface area contributed by atoms with E-state index in [1.54, 1.807) is 11.8 Å². The number of hydrogen-bond acceptors (Lipinski definition) is 7. The number of rotatable bonds is 4. The van der Waals surface area contributed by atoms with Crippen LogP contribution in [0.15, 0.2) is 27.5 Å². The van der Waals surface area contributed by atoms with Gasteiger partial charge in [0.2, 0.25) is 0 Å². The summed E-state index contributed by atoms with van der Waals surface area (Å²) in [6.45, 7) is 1.72. The van der Waals surface area contributed by atoms with Gasteiger partial charge in [-0.25, -0.2) is 4.99 Å². The maximum atomic E-state index is 5.92. The third kappa shape index (κ3) is 4.26. The molecule has 23 heavy (non-hydrogen) atoms. The van der Waals surface area contributed by atoms with Crippen LogP contribution in [0.25, 0.3) is 0 Å². The predicted octanol–water partition coefficient (Wildman–Crippen LogP) is 2.35.